The van der Waals surface area contributed by atoms with Crippen LogP contribution in [0, 0.1) is 0 Å². The van der Waals surface area contributed by atoms with Crippen LogP contribution in [0.4, 0.5) is 18.0 Å². The van der Waals surface area contributed by atoms with Gasteiger partial charge in [-0.25, -0.2) is 4.79 Å². The van der Waals surface area contributed by atoms with Crippen molar-refractivity contribution in [3.63, 3.8) is 0 Å². The standard InChI is InChI=1S/C20H24F3N3O/c1-3-4-13-26(14-16-9-11-24-12-10-16)19(27)25-15(2)17-7-5-6-8-18(17)20(21,22)23/h5-12,15H,3-4,13-14H2,1-2H3,(H,25,27)/t15-/m0/s1. The van der Waals surface area contributed by atoms with E-state index in [0.717, 1.165) is 24.5 Å². The lowest BCUT2D eigenvalue weighted by Crippen LogP contribution is -2.41. The maximum absolute atomic E-state index is 13.2. The Kier molecular flexibility index (Phi) is 7.21. The Morgan fingerprint density at radius 3 is 2.48 bits per heavy atom. The van der Waals surface area contributed by atoms with Gasteiger partial charge in [0.25, 0.3) is 0 Å². The Bertz CT molecular complexity index is 735. The number of amides is 2. The number of carbonyl (C=O) groups excluding carboxylic acids is 1. The summed E-state index contributed by atoms with van der Waals surface area (Å²) in [5.41, 5.74) is 0.240. The molecule has 0 aliphatic carbocycles. The highest BCUT2D eigenvalue weighted by Crippen LogP contribution is 2.34. The first-order valence-corrected chi connectivity index (χ1v) is 8.93. The van der Waals surface area contributed by atoms with Crippen LogP contribution in [0.5, 0.6) is 0 Å². The van der Waals surface area contributed by atoms with Gasteiger partial charge < -0.3 is 10.2 Å². The number of alkyl halides is 3. The zero-order valence-corrected chi connectivity index (χ0v) is 15.5. The minimum absolute atomic E-state index is 0.0534. The lowest BCUT2D eigenvalue weighted by molar-refractivity contribution is -0.138. The van der Waals surface area contributed by atoms with E-state index in [-0.39, 0.29) is 11.6 Å². The van der Waals surface area contributed by atoms with Crippen LogP contribution in [0.15, 0.2) is 48.8 Å². The van der Waals surface area contributed by atoms with E-state index in [1.165, 1.54) is 12.1 Å². The second-order valence-corrected chi connectivity index (χ2v) is 6.39. The van der Waals surface area contributed by atoms with E-state index in [9.17, 15) is 18.0 Å². The number of nitrogens with one attached hydrogen (secondary N) is 1. The predicted molar refractivity (Wildman–Crippen MR) is 97.9 cm³/mol. The maximum Gasteiger partial charge on any atom is 0.416 e. The van der Waals surface area contributed by atoms with E-state index in [2.05, 4.69) is 10.3 Å². The molecular weight excluding hydrogens is 355 g/mol. The van der Waals surface area contributed by atoms with Crippen LogP contribution >= 0.6 is 0 Å². The number of carbonyl (C=O) groups is 1. The highest BCUT2D eigenvalue weighted by atomic mass is 19.4. The summed E-state index contributed by atoms with van der Waals surface area (Å²) in [6.45, 7) is 4.48. The van der Waals surface area contributed by atoms with Gasteiger partial charge in [0.1, 0.15) is 0 Å². The molecule has 7 heteroatoms. The van der Waals surface area contributed by atoms with Gasteiger partial charge in [0.2, 0.25) is 0 Å². The molecule has 1 aromatic carbocycles. The van der Waals surface area contributed by atoms with Crippen molar-refractivity contribution in [1.29, 1.82) is 0 Å². The zero-order chi connectivity index (χ0) is 19.9. The summed E-state index contributed by atoms with van der Waals surface area (Å²) in [7, 11) is 0. The van der Waals surface area contributed by atoms with E-state index in [1.54, 1.807) is 30.3 Å². The molecule has 0 saturated carbocycles. The molecule has 0 spiro atoms. The van der Waals surface area contributed by atoms with Gasteiger partial charge in [0, 0.05) is 25.5 Å². The molecule has 0 radical (unpaired) electrons. The molecule has 1 N–H and O–H groups in total. The molecule has 0 bridgehead atoms. The maximum atomic E-state index is 13.2. The van der Waals surface area contributed by atoms with E-state index < -0.39 is 17.8 Å². The first-order chi connectivity index (χ1) is 12.8. The quantitative estimate of drug-likeness (QED) is 0.721. The summed E-state index contributed by atoms with van der Waals surface area (Å²) in [4.78, 5) is 18.3. The molecule has 1 heterocycles. The minimum Gasteiger partial charge on any atom is -0.331 e. The van der Waals surface area contributed by atoms with Crippen LogP contribution < -0.4 is 5.32 Å². The Hall–Kier alpha value is -2.57. The smallest absolute Gasteiger partial charge is 0.331 e. The third-order valence-electron chi connectivity index (χ3n) is 4.26. The number of benzene rings is 1. The number of urea groups is 1. The fraction of sp³-hybridized carbons (Fsp3) is 0.400. The molecule has 146 valence electrons. The van der Waals surface area contributed by atoms with Crippen LogP contribution in [-0.4, -0.2) is 22.5 Å². The topological polar surface area (TPSA) is 45.2 Å². The Balaban J connectivity index is 2.14. The molecule has 2 aromatic rings. The Morgan fingerprint density at radius 1 is 1.19 bits per heavy atom. The van der Waals surface area contributed by atoms with E-state index in [0.29, 0.717) is 13.1 Å². The summed E-state index contributed by atoms with van der Waals surface area (Å²) in [5.74, 6) is 0. The zero-order valence-electron chi connectivity index (χ0n) is 15.5. The normalized spacial score (nSPS) is 12.5. The van der Waals surface area contributed by atoms with Crippen LogP contribution in [0.2, 0.25) is 0 Å². The van der Waals surface area contributed by atoms with Crippen molar-refractivity contribution in [3.05, 3.63) is 65.5 Å². The molecule has 2 amide bonds. The average molecular weight is 379 g/mol. The summed E-state index contributed by atoms with van der Waals surface area (Å²) < 4.78 is 39.7. The van der Waals surface area contributed by atoms with Crippen LogP contribution in [0.25, 0.3) is 0 Å². The number of pyridine rings is 1. The van der Waals surface area contributed by atoms with E-state index in [1.807, 2.05) is 19.1 Å². The lowest BCUT2D eigenvalue weighted by atomic mass is 10.0. The fourth-order valence-electron chi connectivity index (χ4n) is 2.80. The molecule has 0 aliphatic rings. The molecule has 27 heavy (non-hydrogen) atoms. The summed E-state index contributed by atoms with van der Waals surface area (Å²) >= 11 is 0. The third kappa shape index (κ3) is 5.98. The van der Waals surface area contributed by atoms with Crippen molar-refractivity contribution in [2.45, 2.75) is 45.5 Å². The van der Waals surface area contributed by atoms with Gasteiger partial charge in [-0.3, -0.25) is 4.98 Å². The molecule has 0 fully saturated rings. The second-order valence-electron chi connectivity index (χ2n) is 6.39. The first-order valence-electron chi connectivity index (χ1n) is 8.93. The number of nitrogens with zero attached hydrogens (tertiary/aromatic N) is 2. The lowest BCUT2D eigenvalue weighted by Gasteiger charge is -2.26. The minimum atomic E-state index is -4.46. The summed E-state index contributed by atoms with van der Waals surface area (Å²) in [5, 5.41) is 2.71. The fourth-order valence-corrected chi connectivity index (χ4v) is 2.80. The largest absolute Gasteiger partial charge is 0.416 e. The van der Waals surface area contributed by atoms with Gasteiger partial charge in [0.05, 0.1) is 11.6 Å². The van der Waals surface area contributed by atoms with E-state index >= 15 is 0 Å². The monoisotopic (exact) mass is 379 g/mol. The first kappa shape index (κ1) is 20.7. The van der Waals surface area contributed by atoms with Gasteiger partial charge in [-0.1, -0.05) is 31.5 Å². The van der Waals surface area contributed by atoms with Crippen LogP contribution in [-0.2, 0) is 12.7 Å². The number of hydrogen-bond acceptors (Lipinski definition) is 2. The SMILES string of the molecule is CCCCN(Cc1ccncc1)C(=O)N[C@@H](C)c1ccccc1C(F)(F)F. The van der Waals surface area contributed by atoms with Gasteiger partial charge in [0.15, 0.2) is 0 Å². The molecule has 4 nitrogen and oxygen atoms in total. The van der Waals surface area contributed by atoms with Crippen molar-refractivity contribution in [2.75, 3.05) is 6.54 Å². The van der Waals surface area contributed by atoms with E-state index in [4.69, 9.17) is 0 Å². The average Bonchev–Trinajstić information content (AvgIpc) is 2.65. The molecule has 0 aliphatic heterocycles. The second kappa shape index (κ2) is 9.39. The predicted octanol–water partition coefficient (Wildman–Crippen LogP) is 5.17. The molecule has 2 rings (SSSR count). The highest BCUT2D eigenvalue weighted by Gasteiger charge is 2.34. The molecule has 0 unspecified atom stereocenters. The molecule has 1 aromatic heterocycles. The van der Waals surface area contributed by atoms with Gasteiger partial charge >= 0.3 is 12.2 Å². The molecule has 1 atom stereocenters. The Labute approximate surface area is 157 Å². The number of halogens is 3. The van der Waals surface area contributed by atoms with Crippen LogP contribution in [0.3, 0.4) is 0 Å². The number of aromatic nitrogens is 1. The van der Waals surface area contributed by atoms with Gasteiger partial charge in [-0.15, -0.1) is 0 Å². The third-order valence-corrected chi connectivity index (χ3v) is 4.26. The summed E-state index contributed by atoms with van der Waals surface area (Å²) in [6, 6.07) is 7.79. The highest BCUT2D eigenvalue weighted by molar-refractivity contribution is 5.74. The summed E-state index contributed by atoms with van der Waals surface area (Å²) in [6.07, 6.45) is 0.550. The molecule has 0 saturated heterocycles. The molecular formula is C20H24F3N3O. The van der Waals surface area contributed by atoms with Crippen molar-refractivity contribution < 1.29 is 18.0 Å². The van der Waals surface area contributed by atoms with Crippen molar-refractivity contribution in [2.24, 2.45) is 0 Å². The van der Waals surface area contributed by atoms with Gasteiger partial charge in [-0.2, -0.15) is 13.2 Å². The van der Waals surface area contributed by atoms with Gasteiger partial charge in [-0.05, 0) is 42.7 Å². The number of unbranched alkanes of at least 4 members (excludes halogenated alkanes) is 1. The number of hydrogen-bond donors (Lipinski definition) is 1. The van der Waals surface area contributed by atoms with Crippen molar-refractivity contribution >= 4 is 6.03 Å². The number of rotatable bonds is 7. The van der Waals surface area contributed by atoms with Crippen molar-refractivity contribution in [3.8, 4) is 0 Å². The van der Waals surface area contributed by atoms with Crippen molar-refractivity contribution in [1.82, 2.24) is 15.2 Å². The Morgan fingerprint density at radius 2 is 1.85 bits per heavy atom. The van der Waals surface area contributed by atoms with Crippen LogP contribution in [0.1, 0.15) is 49.4 Å².